The van der Waals surface area contributed by atoms with Crippen LogP contribution in [0.15, 0.2) is 42.6 Å². The summed E-state index contributed by atoms with van der Waals surface area (Å²) in [5.74, 6) is 1.53. The number of thiazole rings is 1. The molecule has 2 aromatic carbocycles. The van der Waals surface area contributed by atoms with Gasteiger partial charge in [0.25, 0.3) is 0 Å². The maximum absolute atomic E-state index is 5.53. The SMILES string of the molecule is COc1ccc(CN2CCCC(c3ncc(C)s3)C2)c2ccccc12. The zero-order chi connectivity index (χ0) is 17.2. The van der Waals surface area contributed by atoms with Crippen LogP contribution in [0.4, 0.5) is 0 Å². The molecule has 0 saturated carbocycles. The van der Waals surface area contributed by atoms with Gasteiger partial charge >= 0.3 is 0 Å². The number of nitrogens with zero attached hydrogens (tertiary/aromatic N) is 2. The van der Waals surface area contributed by atoms with Crippen molar-refractivity contribution >= 4 is 22.1 Å². The van der Waals surface area contributed by atoms with Crippen LogP contribution in [0.3, 0.4) is 0 Å². The molecule has 1 atom stereocenters. The molecule has 3 aromatic rings. The lowest BCUT2D eigenvalue weighted by Gasteiger charge is -2.32. The zero-order valence-corrected chi connectivity index (χ0v) is 15.7. The summed E-state index contributed by atoms with van der Waals surface area (Å²) >= 11 is 1.86. The molecule has 0 radical (unpaired) electrons. The van der Waals surface area contributed by atoms with Crippen molar-refractivity contribution in [3.05, 3.63) is 58.0 Å². The van der Waals surface area contributed by atoms with E-state index in [-0.39, 0.29) is 0 Å². The quantitative estimate of drug-likeness (QED) is 0.661. The van der Waals surface area contributed by atoms with Crippen LogP contribution in [0.5, 0.6) is 5.75 Å². The molecule has 4 heteroatoms. The minimum Gasteiger partial charge on any atom is -0.496 e. The third-order valence-corrected chi connectivity index (χ3v) is 6.16. The van der Waals surface area contributed by atoms with Gasteiger partial charge in [-0.05, 0) is 43.3 Å². The number of likely N-dealkylation sites (tertiary alicyclic amines) is 1. The van der Waals surface area contributed by atoms with Gasteiger partial charge in [0.15, 0.2) is 0 Å². The van der Waals surface area contributed by atoms with E-state index in [0.717, 1.165) is 18.8 Å². The Morgan fingerprint density at radius 1 is 1.20 bits per heavy atom. The van der Waals surface area contributed by atoms with Crippen molar-refractivity contribution in [3.8, 4) is 5.75 Å². The highest BCUT2D eigenvalue weighted by atomic mass is 32.1. The molecular weight excluding hydrogens is 328 g/mol. The first-order valence-corrected chi connectivity index (χ1v) is 9.75. The molecule has 2 heterocycles. The highest BCUT2D eigenvalue weighted by molar-refractivity contribution is 7.11. The maximum Gasteiger partial charge on any atom is 0.126 e. The fourth-order valence-electron chi connectivity index (χ4n) is 3.85. The van der Waals surface area contributed by atoms with Gasteiger partial charge in [0.05, 0.1) is 12.1 Å². The molecule has 3 nitrogen and oxygen atoms in total. The van der Waals surface area contributed by atoms with Crippen molar-refractivity contribution in [2.75, 3.05) is 20.2 Å². The molecule has 1 fully saturated rings. The second kappa shape index (κ2) is 7.14. The summed E-state index contributed by atoms with van der Waals surface area (Å²) in [4.78, 5) is 8.52. The number of ether oxygens (including phenoxy) is 1. The summed E-state index contributed by atoms with van der Waals surface area (Å²) in [6, 6.07) is 12.9. The van der Waals surface area contributed by atoms with Crippen LogP contribution >= 0.6 is 11.3 Å². The van der Waals surface area contributed by atoms with Crippen molar-refractivity contribution < 1.29 is 4.74 Å². The second-order valence-electron chi connectivity index (χ2n) is 6.86. The lowest BCUT2D eigenvalue weighted by Crippen LogP contribution is -2.33. The monoisotopic (exact) mass is 352 g/mol. The van der Waals surface area contributed by atoms with Gasteiger partial charge in [-0.15, -0.1) is 11.3 Å². The molecule has 1 unspecified atom stereocenters. The third kappa shape index (κ3) is 3.42. The molecule has 130 valence electrons. The van der Waals surface area contributed by atoms with Crippen molar-refractivity contribution in [1.29, 1.82) is 0 Å². The number of aromatic nitrogens is 1. The van der Waals surface area contributed by atoms with Crippen molar-refractivity contribution in [3.63, 3.8) is 0 Å². The highest BCUT2D eigenvalue weighted by Gasteiger charge is 2.24. The molecule has 1 aliphatic rings. The largest absolute Gasteiger partial charge is 0.496 e. The second-order valence-corrected chi connectivity index (χ2v) is 8.12. The van der Waals surface area contributed by atoms with Crippen LogP contribution in [0, 0.1) is 6.92 Å². The highest BCUT2D eigenvalue weighted by Crippen LogP contribution is 2.33. The molecule has 0 aliphatic carbocycles. The fourth-order valence-corrected chi connectivity index (χ4v) is 4.75. The van der Waals surface area contributed by atoms with Gasteiger partial charge < -0.3 is 4.74 Å². The number of piperidine rings is 1. The smallest absolute Gasteiger partial charge is 0.126 e. The normalized spacial score (nSPS) is 18.6. The molecule has 1 saturated heterocycles. The summed E-state index contributed by atoms with van der Waals surface area (Å²) in [6.45, 7) is 5.41. The molecule has 1 aromatic heterocycles. The number of hydrogen-bond acceptors (Lipinski definition) is 4. The number of rotatable bonds is 4. The van der Waals surface area contributed by atoms with E-state index < -0.39 is 0 Å². The lowest BCUT2D eigenvalue weighted by molar-refractivity contribution is 0.200. The van der Waals surface area contributed by atoms with Crippen LogP contribution in [0.1, 0.15) is 34.2 Å². The first-order valence-electron chi connectivity index (χ1n) is 8.94. The lowest BCUT2D eigenvalue weighted by atomic mass is 9.97. The summed E-state index contributed by atoms with van der Waals surface area (Å²) in [7, 11) is 1.74. The maximum atomic E-state index is 5.53. The molecule has 25 heavy (non-hydrogen) atoms. The van der Waals surface area contributed by atoms with E-state index in [0.29, 0.717) is 5.92 Å². The molecule has 0 bridgehead atoms. The summed E-state index contributed by atoms with van der Waals surface area (Å²) in [5.41, 5.74) is 1.38. The molecular formula is C21H24N2OS. The first kappa shape index (κ1) is 16.6. The van der Waals surface area contributed by atoms with Crippen molar-refractivity contribution in [1.82, 2.24) is 9.88 Å². The van der Waals surface area contributed by atoms with Gasteiger partial charge in [-0.3, -0.25) is 4.90 Å². The van der Waals surface area contributed by atoms with Crippen molar-refractivity contribution in [2.24, 2.45) is 0 Å². The summed E-state index contributed by atoms with van der Waals surface area (Å²) in [6.07, 6.45) is 4.51. The van der Waals surface area contributed by atoms with E-state index in [1.807, 2.05) is 17.5 Å². The third-order valence-electron chi connectivity index (χ3n) is 5.08. The van der Waals surface area contributed by atoms with Crippen LogP contribution in [0.2, 0.25) is 0 Å². The van der Waals surface area contributed by atoms with Gasteiger partial charge in [-0.25, -0.2) is 4.98 Å². The van der Waals surface area contributed by atoms with E-state index in [2.05, 4.69) is 53.2 Å². The number of fused-ring (bicyclic) bond motifs is 1. The van der Waals surface area contributed by atoms with E-state index in [1.54, 1.807) is 7.11 Å². The Bertz CT molecular complexity index is 873. The zero-order valence-electron chi connectivity index (χ0n) is 14.9. The Morgan fingerprint density at radius 3 is 2.80 bits per heavy atom. The minimum absolute atomic E-state index is 0.581. The fraction of sp³-hybridized carbons (Fsp3) is 0.381. The number of aryl methyl sites for hydroxylation is 1. The average molecular weight is 353 g/mol. The van der Waals surface area contributed by atoms with Gasteiger partial charge in [-0.2, -0.15) is 0 Å². The van der Waals surface area contributed by atoms with E-state index in [9.17, 15) is 0 Å². The average Bonchev–Trinajstić information content (AvgIpc) is 3.09. The van der Waals surface area contributed by atoms with Crippen LogP contribution < -0.4 is 4.74 Å². The standard InChI is InChI=1S/C21H24N2OS/c1-15-12-22-21(25-15)17-6-5-11-23(14-17)13-16-9-10-20(24-2)19-8-4-3-7-18(16)19/h3-4,7-10,12,17H,5-6,11,13-14H2,1-2H3. The van der Waals surface area contributed by atoms with E-state index >= 15 is 0 Å². The van der Waals surface area contributed by atoms with E-state index in [1.165, 1.54) is 45.6 Å². The van der Waals surface area contributed by atoms with Crippen LogP contribution in [-0.2, 0) is 6.54 Å². The van der Waals surface area contributed by atoms with Crippen LogP contribution in [-0.4, -0.2) is 30.1 Å². The Hall–Kier alpha value is -1.91. The number of benzene rings is 2. The Balaban J connectivity index is 1.57. The number of methoxy groups -OCH3 is 1. The molecule has 1 aliphatic heterocycles. The molecule has 4 rings (SSSR count). The predicted octanol–water partition coefficient (Wildman–Crippen LogP) is 4.99. The molecule has 0 spiro atoms. The molecule has 0 N–H and O–H groups in total. The van der Waals surface area contributed by atoms with Crippen molar-refractivity contribution in [2.45, 2.75) is 32.2 Å². The summed E-state index contributed by atoms with van der Waals surface area (Å²) < 4.78 is 5.53. The topological polar surface area (TPSA) is 25.4 Å². The summed E-state index contributed by atoms with van der Waals surface area (Å²) in [5, 5.41) is 3.81. The van der Waals surface area contributed by atoms with Gasteiger partial charge in [0.2, 0.25) is 0 Å². The van der Waals surface area contributed by atoms with Gasteiger partial charge in [0, 0.05) is 35.5 Å². The predicted molar refractivity (Wildman–Crippen MR) is 105 cm³/mol. The molecule has 0 amide bonds. The van der Waals surface area contributed by atoms with E-state index in [4.69, 9.17) is 4.74 Å². The van der Waals surface area contributed by atoms with Gasteiger partial charge in [-0.1, -0.05) is 30.3 Å². The Morgan fingerprint density at radius 2 is 2.04 bits per heavy atom. The minimum atomic E-state index is 0.581. The van der Waals surface area contributed by atoms with Crippen LogP contribution in [0.25, 0.3) is 10.8 Å². The first-order chi connectivity index (χ1) is 12.2. The van der Waals surface area contributed by atoms with Gasteiger partial charge in [0.1, 0.15) is 5.75 Å². The number of hydrogen-bond donors (Lipinski definition) is 0. The Kier molecular flexibility index (Phi) is 4.73. The Labute approximate surface area is 153 Å².